The quantitative estimate of drug-likeness (QED) is 0.699. The highest BCUT2D eigenvalue weighted by Crippen LogP contribution is 2.38. The van der Waals surface area contributed by atoms with Crippen LogP contribution in [0.15, 0.2) is 42.5 Å². The predicted molar refractivity (Wildman–Crippen MR) is 99.4 cm³/mol. The Balaban J connectivity index is 1.76. The van der Waals surface area contributed by atoms with Gasteiger partial charge in [-0.1, -0.05) is 18.2 Å². The second-order valence-electron chi connectivity index (χ2n) is 6.59. The van der Waals surface area contributed by atoms with Crippen molar-refractivity contribution < 1.29 is 9.47 Å². The van der Waals surface area contributed by atoms with Crippen molar-refractivity contribution in [2.24, 2.45) is 0 Å². The van der Waals surface area contributed by atoms with Crippen LogP contribution in [0.4, 0.5) is 0 Å². The number of nitriles is 2. The number of aryl methyl sites for hydroxylation is 2. The molecule has 3 rings (SSSR count). The molecular weight excluding hydrogens is 324 g/mol. The zero-order valence-corrected chi connectivity index (χ0v) is 15.0. The summed E-state index contributed by atoms with van der Waals surface area (Å²) < 4.78 is 9.86. The van der Waals surface area contributed by atoms with Crippen LogP contribution in [0.2, 0.25) is 0 Å². The molecule has 4 nitrogen and oxygen atoms in total. The van der Waals surface area contributed by atoms with Crippen molar-refractivity contribution >= 4 is 5.57 Å². The van der Waals surface area contributed by atoms with Crippen molar-refractivity contribution in [2.75, 3.05) is 0 Å². The third kappa shape index (κ3) is 3.71. The largest absolute Gasteiger partial charge is 0.388 e. The van der Waals surface area contributed by atoms with Gasteiger partial charge in [0.2, 0.25) is 0 Å². The van der Waals surface area contributed by atoms with Gasteiger partial charge in [0, 0.05) is 0 Å². The second kappa shape index (κ2) is 7.76. The van der Waals surface area contributed by atoms with E-state index in [1.54, 1.807) is 12.5 Å². The van der Waals surface area contributed by atoms with Gasteiger partial charge in [-0.25, -0.2) is 0 Å². The number of rotatable bonds is 4. The number of benzene rings is 2. The Morgan fingerprint density at radius 2 is 1.69 bits per heavy atom. The zero-order chi connectivity index (χ0) is 18.5. The van der Waals surface area contributed by atoms with Crippen LogP contribution in [0.1, 0.15) is 47.4 Å². The van der Waals surface area contributed by atoms with E-state index < -0.39 is 0 Å². The molecule has 0 spiro atoms. The van der Waals surface area contributed by atoms with E-state index in [-0.39, 0.29) is 0 Å². The summed E-state index contributed by atoms with van der Waals surface area (Å²) in [6, 6.07) is 11.8. The van der Waals surface area contributed by atoms with Gasteiger partial charge in [-0.2, -0.15) is 0 Å². The lowest BCUT2D eigenvalue weighted by atomic mass is 9.81. The number of hydrogen-bond donors (Lipinski definition) is 0. The first-order chi connectivity index (χ1) is 12.6. The lowest BCUT2D eigenvalue weighted by molar-refractivity contribution is 0.502. The second-order valence-corrected chi connectivity index (χ2v) is 6.59. The van der Waals surface area contributed by atoms with E-state index in [1.807, 2.05) is 37.3 Å². The van der Waals surface area contributed by atoms with E-state index in [0.29, 0.717) is 17.4 Å². The number of allylic oxidation sites excluding steroid dienone is 2. The predicted octanol–water partition coefficient (Wildman–Crippen LogP) is 5.37. The molecule has 0 fully saturated rings. The molecule has 4 heteroatoms. The summed E-state index contributed by atoms with van der Waals surface area (Å²) in [5, 5.41) is 17.3. The molecule has 0 radical (unpaired) electrons. The molecule has 2 aromatic carbocycles. The maximum atomic E-state index is 8.73. The number of nitrogens with zero attached hydrogens (tertiary/aromatic N) is 2. The van der Waals surface area contributed by atoms with E-state index in [4.69, 9.17) is 20.0 Å². The minimum Gasteiger partial charge on any atom is -0.388 e. The molecule has 0 amide bonds. The SMILES string of the molecule is Cc1cc(C2=CCC(c3ccc(OC#N)cc3)CC2)c(C)cc1OC#N. The molecule has 26 heavy (non-hydrogen) atoms. The Morgan fingerprint density at radius 1 is 0.962 bits per heavy atom. The molecule has 130 valence electrons. The number of hydrogen-bond acceptors (Lipinski definition) is 4. The fourth-order valence-electron chi connectivity index (χ4n) is 3.54. The smallest absolute Gasteiger partial charge is 0.292 e. The average Bonchev–Trinajstić information content (AvgIpc) is 2.66. The molecular formula is C22H20N2O2. The first-order valence-electron chi connectivity index (χ1n) is 8.65. The van der Waals surface area contributed by atoms with E-state index in [1.165, 1.54) is 16.7 Å². The van der Waals surface area contributed by atoms with Gasteiger partial charge in [-0.05, 0) is 91.1 Å². The summed E-state index contributed by atoms with van der Waals surface area (Å²) in [7, 11) is 0. The molecule has 0 saturated heterocycles. The molecule has 0 heterocycles. The zero-order valence-electron chi connectivity index (χ0n) is 15.0. The van der Waals surface area contributed by atoms with Crippen LogP contribution in [0, 0.1) is 36.9 Å². The van der Waals surface area contributed by atoms with E-state index in [0.717, 1.165) is 30.4 Å². The molecule has 1 aliphatic rings. The van der Waals surface area contributed by atoms with Crippen molar-refractivity contribution in [3.05, 3.63) is 64.7 Å². The van der Waals surface area contributed by atoms with Gasteiger partial charge in [0.15, 0.2) is 0 Å². The Hall–Kier alpha value is -3.24. The Morgan fingerprint density at radius 3 is 2.31 bits per heavy atom. The number of ether oxygens (including phenoxy) is 2. The maximum absolute atomic E-state index is 8.73. The topological polar surface area (TPSA) is 66.0 Å². The van der Waals surface area contributed by atoms with Gasteiger partial charge in [0.05, 0.1) is 0 Å². The van der Waals surface area contributed by atoms with Gasteiger partial charge in [-0.15, -0.1) is 10.5 Å². The van der Waals surface area contributed by atoms with Crippen LogP contribution in [0.5, 0.6) is 11.5 Å². The highest BCUT2D eigenvalue weighted by Gasteiger charge is 2.19. The monoisotopic (exact) mass is 344 g/mol. The maximum Gasteiger partial charge on any atom is 0.292 e. The van der Waals surface area contributed by atoms with Crippen molar-refractivity contribution in [3.8, 4) is 24.0 Å². The molecule has 0 saturated carbocycles. The van der Waals surface area contributed by atoms with Crippen LogP contribution >= 0.6 is 0 Å². The third-order valence-electron chi connectivity index (χ3n) is 4.95. The molecule has 1 aliphatic carbocycles. The van der Waals surface area contributed by atoms with Crippen LogP contribution in [-0.4, -0.2) is 0 Å². The third-order valence-corrected chi connectivity index (χ3v) is 4.95. The molecule has 1 unspecified atom stereocenters. The molecule has 0 aliphatic heterocycles. The summed E-state index contributed by atoms with van der Waals surface area (Å²) in [6.07, 6.45) is 8.84. The van der Waals surface area contributed by atoms with Gasteiger partial charge in [-0.3, -0.25) is 0 Å². The van der Waals surface area contributed by atoms with Gasteiger partial charge < -0.3 is 9.47 Å². The lowest BCUT2D eigenvalue weighted by Crippen LogP contribution is -2.05. The van der Waals surface area contributed by atoms with Crippen molar-refractivity contribution in [3.63, 3.8) is 0 Å². The van der Waals surface area contributed by atoms with Crippen LogP contribution < -0.4 is 9.47 Å². The molecule has 2 aromatic rings. The minimum atomic E-state index is 0.484. The van der Waals surface area contributed by atoms with Gasteiger partial charge >= 0.3 is 0 Å². The molecule has 0 N–H and O–H groups in total. The molecule has 0 aromatic heterocycles. The minimum absolute atomic E-state index is 0.484. The Bertz CT molecular complexity index is 915. The fraction of sp³-hybridized carbons (Fsp3) is 0.273. The normalized spacial score (nSPS) is 16.2. The van der Waals surface area contributed by atoms with E-state index in [9.17, 15) is 0 Å². The van der Waals surface area contributed by atoms with Gasteiger partial charge in [0.1, 0.15) is 11.5 Å². The summed E-state index contributed by atoms with van der Waals surface area (Å²) in [4.78, 5) is 0. The Labute approximate surface area is 153 Å². The first-order valence-corrected chi connectivity index (χ1v) is 8.65. The van der Waals surface area contributed by atoms with E-state index in [2.05, 4.69) is 19.1 Å². The van der Waals surface area contributed by atoms with Crippen molar-refractivity contribution in [1.82, 2.24) is 0 Å². The van der Waals surface area contributed by atoms with E-state index >= 15 is 0 Å². The highest BCUT2D eigenvalue weighted by molar-refractivity contribution is 5.71. The van der Waals surface area contributed by atoms with Crippen LogP contribution in [-0.2, 0) is 0 Å². The average molecular weight is 344 g/mol. The van der Waals surface area contributed by atoms with Crippen molar-refractivity contribution in [1.29, 1.82) is 10.5 Å². The summed E-state index contributed by atoms with van der Waals surface area (Å²) in [5.74, 6) is 1.69. The summed E-state index contributed by atoms with van der Waals surface area (Å²) >= 11 is 0. The molecule has 0 bridgehead atoms. The first kappa shape index (κ1) is 17.6. The van der Waals surface area contributed by atoms with Crippen LogP contribution in [0.3, 0.4) is 0 Å². The van der Waals surface area contributed by atoms with Crippen LogP contribution in [0.25, 0.3) is 5.57 Å². The molecule has 1 atom stereocenters. The standard InChI is InChI=1S/C22H20N2O2/c1-15-12-22(26-14-24)16(2)11-21(15)19-5-3-17(4-6-19)18-7-9-20(10-8-18)25-13-23/h5,7-12,17H,3-4,6H2,1-2H3. The lowest BCUT2D eigenvalue weighted by Gasteiger charge is -2.24. The fourth-order valence-corrected chi connectivity index (χ4v) is 3.54. The van der Waals surface area contributed by atoms with Crippen molar-refractivity contribution in [2.45, 2.75) is 39.0 Å². The summed E-state index contributed by atoms with van der Waals surface area (Å²) in [5.41, 5.74) is 5.97. The highest BCUT2D eigenvalue weighted by atomic mass is 16.5. The summed E-state index contributed by atoms with van der Waals surface area (Å²) in [6.45, 7) is 4.02. The Kier molecular flexibility index (Phi) is 5.25. The van der Waals surface area contributed by atoms with Gasteiger partial charge in [0.25, 0.3) is 12.5 Å².